The molecule has 4 N–H and O–H groups in total. The Balaban J connectivity index is 2.23. The Hall–Kier alpha value is -3.46. The molecule has 0 saturated heterocycles. The maximum Gasteiger partial charge on any atom is 0.247 e. The Bertz CT molecular complexity index is 957. The molecule has 9 heteroatoms. The van der Waals surface area contributed by atoms with Gasteiger partial charge in [0.2, 0.25) is 17.7 Å². The van der Waals surface area contributed by atoms with E-state index in [9.17, 15) is 19.6 Å². The highest BCUT2D eigenvalue weighted by Gasteiger charge is 2.35. The van der Waals surface area contributed by atoms with E-state index in [1.54, 1.807) is 11.7 Å². The molecule has 1 aromatic heterocycles. The first-order valence-electron chi connectivity index (χ1n) is 11.9. The van der Waals surface area contributed by atoms with Gasteiger partial charge < -0.3 is 4.98 Å². The fourth-order valence-corrected chi connectivity index (χ4v) is 3.84. The Morgan fingerprint density at radius 3 is 2.34 bits per heavy atom. The molecular weight excluding hydrogens is 446 g/mol. The normalized spacial score (nSPS) is 13.1. The Morgan fingerprint density at radius 2 is 1.77 bits per heavy atom. The first kappa shape index (κ1) is 27.8. The van der Waals surface area contributed by atoms with E-state index >= 15 is 0 Å². The van der Waals surface area contributed by atoms with Crippen molar-refractivity contribution in [1.82, 2.24) is 25.9 Å². The van der Waals surface area contributed by atoms with Crippen LogP contribution in [-0.2, 0) is 20.8 Å². The van der Waals surface area contributed by atoms with Gasteiger partial charge in [0.1, 0.15) is 0 Å². The van der Waals surface area contributed by atoms with Gasteiger partial charge in [-0.05, 0) is 30.2 Å². The molecule has 0 bridgehead atoms. The molecule has 190 valence electrons. The molecule has 0 aliphatic rings. The quantitative estimate of drug-likeness (QED) is 0.272. The van der Waals surface area contributed by atoms with Gasteiger partial charge in [0.15, 0.2) is 0 Å². The molecule has 0 fully saturated rings. The zero-order valence-electron chi connectivity index (χ0n) is 20.9. The van der Waals surface area contributed by atoms with Crippen molar-refractivity contribution < 1.29 is 19.6 Å². The van der Waals surface area contributed by atoms with Crippen LogP contribution in [-0.4, -0.2) is 44.5 Å². The van der Waals surface area contributed by atoms with E-state index in [0.717, 1.165) is 5.56 Å². The molecule has 1 aromatic carbocycles. The molecule has 0 aliphatic heterocycles. The van der Waals surface area contributed by atoms with Gasteiger partial charge >= 0.3 is 0 Å². The highest BCUT2D eigenvalue weighted by Crippen LogP contribution is 2.25. The fourth-order valence-electron chi connectivity index (χ4n) is 3.84. The van der Waals surface area contributed by atoms with Gasteiger partial charge in [0.25, 0.3) is 0 Å². The minimum absolute atomic E-state index is 0.0578. The highest BCUT2D eigenvalue weighted by molar-refractivity contribution is 5.89. The summed E-state index contributed by atoms with van der Waals surface area (Å²) in [5.74, 6) is -2.70. The summed E-state index contributed by atoms with van der Waals surface area (Å²) in [6.45, 7) is 8.14. The van der Waals surface area contributed by atoms with E-state index in [-0.39, 0.29) is 30.6 Å². The van der Waals surface area contributed by atoms with Crippen LogP contribution in [0.1, 0.15) is 51.8 Å². The van der Waals surface area contributed by atoms with Crippen LogP contribution in [0.3, 0.4) is 0 Å². The summed E-state index contributed by atoms with van der Waals surface area (Å²) in [4.78, 5) is 45.9. The van der Waals surface area contributed by atoms with E-state index in [4.69, 9.17) is 0 Å². The molecule has 0 spiro atoms. The van der Waals surface area contributed by atoms with Gasteiger partial charge in [-0.15, -0.1) is 0 Å². The minimum atomic E-state index is -0.814. The number of hydrogen-bond acceptors (Lipinski definition) is 5. The molecule has 0 unspecified atom stereocenters. The number of carbonyl (C=O) groups excluding carboxylic acids is 3. The van der Waals surface area contributed by atoms with Crippen LogP contribution in [0.15, 0.2) is 48.9 Å². The number of carbonyl (C=O) groups is 3. The van der Waals surface area contributed by atoms with Crippen molar-refractivity contribution in [2.75, 3.05) is 6.54 Å². The zero-order valence-corrected chi connectivity index (χ0v) is 20.9. The third-order valence-corrected chi connectivity index (χ3v) is 5.49. The van der Waals surface area contributed by atoms with Gasteiger partial charge in [-0.1, -0.05) is 70.2 Å². The summed E-state index contributed by atoms with van der Waals surface area (Å²) in [6.07, 6.45) is 7.48. The molecule has 2 rings (SSSR count). The predicted molar refractivity (Wildman–Crippen MR) is 133 cm³/mol. The van der Waals surface area contributed by atoms with Crippen molar-refractivity contribution in [3.05, 3.63) is 60.2 Å². The van der Waals surface area contributed by atoms with Gasteiger partial charge in [-0.2, -0.15) is 0 Å². The minimum Gasteiger partial charge on any atom is -0.348 e. The number of imidazole rings is 1. The smallest absolute Gasteiger partial charge is 0.247 e. The SMILES string of the molecule is CC(C)C[C@@H](C(=O)NN(CC(C)C)C(=O)Cc1cnc[nH]1)[C@H](CC=Cc1ccccc1)C(=O)NO. The number of amides is 3. The van der Waals surface area contributed by atoms with E-state index in [1.807, 2.05) is 70.2 Å². The molecule has 1 heterocycles. The van der Waals surface area contributed by atoms with Crippen molar-refractivity contribution in [2.24, 2.45) is 23.7 Å². The lowest BCUT2D eigenvalue weighted by Crippen LogP contribution is -2.52. The topological polar surface area (TPSA) is 127 Å². The Labute approximate surface area is 206 Å². The lowest BCUT2D eigenvalue weighted by molar-refractivity contribution is -0.147. The van der Waals surface area contributed by atoms with Crippen LogP contribution in [0, 0.1) is 23.7 Å². The van der Waals surface area contributed by atoms with Crippen LogP contribution in [0.25, 0.3) is 6.08 Å². The van der Waals surface area contributed by atoms with Crippen LogP contribution in [0.2, 0.25) is 0 Å². The van der Waals surface area contributed by atoms with E-state index in [2.05, 4.69) is 15.4 Å². The van der Waals surface area contributed by atoms with Crippen molar-refractivity contribution in [3.63, 3.8) is 0 Å². The average Bonchev–Trinajstić information content (AvgIpc) is 3.33. The summed E-state index contributed by atoms with van der Waals surface area (Å²) < 4.78 is 0. The molecule has 9 nitrogen and oxygen atoms in total. The van der Waals surface area contributed by atoms with Crippen molar-refractivity contribution in [3.8, 4) is 0 Å². The summed E-state index contributed by atoms with van der Waals surface area (Å²) in [5, 5.41) is 10.7. The first-order valence-corrected chi connectivity index (χ1v) is 11.9. The second kappa shape index (κ2) is 14.1. The van der Waals surface area contributed by atoms with E-state index in [1.165, 1.54) is 11.3 Å². The summed E-state index contributed by atoms with van der Waals surface area (Å²) in [6, 6.07) is 9.61. The van der Waals surface area contributed by atoms with Gasteiger partial charge in [-0.25, -0.2) is 10.5 Å². The van der Waals surface area contributed by atoms with Gasteiger partial charge in [0, 0.05) is 18.4 Å². The number of benzene rings is 1. The number of hydrazine groups is 1. The van der Waals surface area contributed by atoms with Crippen LogP contribution >= 0.6 is 0 Å². The number of H-pyrrole nitrogens is 1. The maximum atomic E-state index is 13.5. The average molecular weight is 484 g/mol. The predicted octanol–water partition coefficient (Wildman–Crippen LogP) is 3.36. The first-order chi connectivity index (χ1) is 16.7. The lowest BCUT2D eigenvalue weighted by Gasteiger charge is -2.30. The summed E-state index contributed by atoms with van der Waals surface area (Å²) in [7, 11) is 0. The molecule has 0 saturated carbocycles. The third kappa shape index (κ3) is 9.36. The molecular formula is C26H37N5O4. The summed E-state index contributed by atoms with van der Waals surface area (Å²) in [5.41, 5.74) is 6.08. The fraction of sp³-hybridized carbons (Fsp3) is 0.462. The number of rotatable bonds is 12. The Morgan fingerprint density at radius 1 is 1.06 bits per heavy atom. The number of aromatic amines is 1. The van der Waals surface area contributed by atoms with Gasteiger partial charge in [-0.3, -0.25) is 30.0 Å². The van der Waals surface area contributed by atoms with Gasteiger partial charge in [0.05, 0.1) is 24.6 Å². The number of nitrogens with one attached hydrogen (secondary N) is 3. The molecule has 0 radical (unpaired) electrons. The molecule has 3 amide bonds. The standard InChI is InChI=1S/C26H37N5O4/c1-18(2)13-23(22(26(34)30-35)12-8-11-20-9-6-5-7-10-20)25(33)29-31(16-19(3)4)24(32)14-21-15-27-17-28-21/h5-11,15,17-19,22-23,35H,12-14,16H2,1-4H3,(H,27,28)(H,29,33)(H,30,34)/t22-,23+/m0/s1. The lowest BCUT2D eigenvalue weighted by atomic mass is 9.82. The van der Waals surface area contributed by atoms with Crippen molar-refractivity contribution in [2.45, 2.75) is 47.0 Å². The monoisotopic (exact) mass is 483 g/mol. The summed E-state index contributed by atoms with van der Waals surface area (Å²) >= 11 is 0. The number of hydrogen-bond donors (Lipinski definition) is 4. The maximum absolute atomic E-state index is 13.5. The number of allylic oxidation sites excluding steroid dienone is 1. The number of nitrogens with zero attached hydrogens (tertiary/aromatic N) is 2. The molecule has 2 atom stereocenters. The molecule has 35 heavy (non-hydrogen) atoms. The zero-order chi connectivity index (χ0) is 25.8. The van der Waals surface area contributed by atoms with E-state index < -0.39 is 23.7 Å². The number of hydroxylamine groups is 1. The van der Waals surface area contributed by atoms with Crippen LogP contribution in [0.4, 0.5) is 0 Å². The van der Waals surface area contributed by atoms with Crippen molar-refractivity contribution in [1.29, 1.82) is 0 Å². The van der Waals surface area contributed by atoms with Crippen LogP contribution in [0.5, 0.6) is 0 Å². The highest BCUT2D eigenvalue weighted by atomic mass is 16.5. The largest absolute Gasteiger partial charge is 0.348 e. The Kier molecular flexibility index (Phi) is 11.2. The van der Waals surface area contributed by atoms with Crippen molar-refractivity contribution >= 4 is 23.8 Å². The third-order valence-electron chi connectivity index (χ3n) is 5.49. The molecule has 2 aromatic rings. The number of aromatic nitrogens is 2. The second-order valence-electron chi connectivity index (χ2n) is 9.50. The molecule has 0 aliphatic carbocycles. The van der Waals surface area contributed by atoms with Crippen LogP contribution < -0.4 is 10.9 Å². The second-order valence-corrected chi connectivity index (χ2v) is 9.50. The van der Waals surface area contributed by atoms with E-state index in [0.29, 0.717) is 18.7 Å².